The number of nitrogens with two attached hydrogens (primary N) is 1. The highest BCUT2D eigenvalue weighted by atomic mass is 32.2. The van der Waals surface area contributed by atoms with Crippen molar-refractivity contribution in [3.05, 3.63) is 130 Å². The number of para-hydroxylation sites is 1. The zero-order chi connectivity index (χ0) is 102. The number of ketones is 2. The van der Waals surface area contributed by atoms with E-state index in [4.69, 9.17) is 67.9 Å². The molecule has 1 saturated heterocycles. The van der Waals surface area contributed by atoms with Gasteiger partial charge in [-0.1, -0.05) is 120 Å². The summed E-state index contributed by atoms with van der Waals surface area (Å²) in [6.45, 7) is 14.0. The predicted octanol–water partition coefficient (Wildman–Crippen LogP) is 7.08. The van der Waals surface area contributed by atoms with E-state index in [9.17, 15) is 61.5 Å². The number of rotatable bonds is 64. The number of anilines is 2. The lowest BCUT2D eigenvalue weighted by Gasteiger charge is -2.59. The summed E-state index contributed by atoms with van der Waals surface area (Å²) in [5, 5.41) is 41.5. The first kappa shape index (κ1) is 114. The number of urea groups is 1. The van der Waals surface area contributed by atoms with Gasteiger partial charge in [-0.2, -0.15) is 13.5 Å². The quantitative estimate of drug-likeness (QED) is 0.0116. The minimum absolute atomic E-state index is 0.00143. The molecule has 2 aliphatic heterocycles. The van der Waals surface area contributed by atoms with E-state index in [1.165, 1.54) is 0 Å². The van der Waals surface area contributed by atoms with Crippen molar-refractivity contribution < 1.29 is 123 Å². The summed E-state index contributed by atoms with van der Waals surface area (Å²) in [5.41, 5.74) is 17.5. The number of hydrogen-bond acceptors (Lipinski definition) is 28. The molecule has 40 heteroatoms. The average Bonchev–Trinajstić information content (AvgIpc) is 1.50. The van der Waals surface area contributed by atoms with Crippen LogP contribution in [0.3, 0.4) is 0 Å². The summed E-state index contributed by atoms with van der Waals surface area (Å²) in [6, 6.07) is 17.7. The van der Waals surface area contributed by atoms with Gasteiger partial charge in [-0.15, -0.1) is 0 Å². The van der Waals surface area contributed by atoms with Crippen LogP contribution in [0, 0.1) is 51.9 Å². The lowest BCUT2D eigenvalue weighted by Crippen LogP contribution is -2.63. The van der Waals surface area contributed by atoms with Crippen molar-refractivity contribution in [3.63, 3.8) is 0 Å². The Morgan fingerprint density at radius 1 is 0.634 bits per heavy atom. The first-order valence-corrected chi connectivity index (χ1v) is 51.7. The molecule has 782 valence electrons. The third kappa shape index (κ3) is 34.7. The molecule has 5 aliphatic carbocycles. The van der Waals surface area contributed by atoms with Crippen LogP contribution in [0.2, 0.25) is 0 Å². The second-order valence-corrected chi connectivity index (χ2v) is 39.1. The summed E-state index contributed by atoms with van der Waals surface area (Å²) in [7, 11) is -4.16. The fourth-order valence-corrected chi connectivity index (χ4v) is 20.3. The van der Waals surface area contributed by atoms with E-state index in [-0.39, 0.29) is 198 Å². The van der Waals surface area contributed by atoms with Gasteiger partial charge in [0.25, 0.3) is 10.1 Å². The molecule has 3 aromatic carbocycles. The van der Waals surface area contributed by atoms with Crippen molar-refractivity contribution in [1.82, 2.24) is 42.5 Å². The Labute approximate surface area is 832 Å². The number of unbranched alkanes of at least 4 members (excludes halogenated alkanes) is 1. The number of Topliss-reactive ketones (excluding diaryl/α,β-unsaturated/α-hetero) is 1. The lowest BCUT2D eigenvalue weighted by atomic mass is 9.46. The third-order valence-electron chi connectivity index (χ3n) is 27.1. The average molecular weight is 2000 g/mol. The second kappa shape index (κ2) is 58.6. The zero-order valence-electron chi connectivity index (χ0n) is 82.6. The number of carbonyl (C=O) groups is 11. The number of nitrogens with one attached hydrogen (secondary N) is 10. The summed E-state index contributed by atoms with van der Waals surface area (Å²) in [4.78, 5) is 150. The van der Waals surface area contributed by atoms with Crippen molar-refractivity contribution >= 4 is 86.3 Å². The van der Waals surface area contributed by atoms with Gasteiger partial charge in [0.15, 0.2) is 23.5 Å². The minimum Gasteiger partial charge on any atom is -0.393 e. The lowest BCUT2D eigenvalue weighted by molar-refractivity contribution is -0.199. The second-order valence-electron chi connectivity index (χ2n) is 37.5. The van der Waals surface area contributed by atoms with Gasteiger partial charge in [-0.25, -0.2) is 10.3 Å². The monoisotopic (exact) mass is 2000 g/mol. The summed E-state index contributed by atoms with van der Waals surface area (Å²) < 4.78 is 95.1. The van der Waals surface area contributed by atoms with E-state index in [2.05, 4.69) is 78.7 Å². The SMILES string of the molecule is CCCC1O[C@@H]2CC3C4CCC5=CC(=O)C=C[C@]5(C)C4[C@@H](O)C[C@]3(C)[C@]2(C(=O)CCc2ccc(NC(=O)[C@H](CCCNC(N)=O)NC(=O)[C@@H](NC(=O)[C@@H](CCCCNC(=O)COC3CCCCC/C(NCCOCCOCCOCCOCCC(=O)NCCS(=O)(=O)O)=C\3N=N)NC(=O)CCOCCOCCOCCOCCNC(=O)CCC(=O)N3Cc4ccccc4C#Cc4ccccc43)C(C)C)cc2)O1. The molecule has 0 bridgehead atoms. The molecular weight excluding hydrogens is 1860 g/mol. The van der Waals surface area contributed by atoms with Gasteiger partial charge in [0.1, 0.15) is 36.5 Å². The number of allylic oxidation sites excluding steroid dienone is 5. The van der Waals surface area contributed by atoms with Crippen LogP contribution in [0.5, 0.6) is 0 Å². The first-order valence-electron chi connectivity index (χ1n) is 50.1. The van der Waals surface area contributed by atoms with Gasteiger partial charge in [0.05, 0.1) is 136 Å². The van der Waals surface area contributed by atoms with E-state index in [0.717, 1.165) is 72.0 Å². The normalized spacial score (nSPS) is 22.7. The van der Waals surface area contributed by atoms with Crippen LogP contribution < -0.4 is 58.5 Å². The molecule has 142 heavy (non-hydrogen) atoms. The van der Waals surface area contributed by atoms with Crippen LogP contribution in [-0.2, 0) is 123 Å². The molecule has 3 saturated carbocycles. The molecule has 39 nitrogen and oxygen atoms in total. The molecule has 4 fully saturated rings. The molecule has 2 heterocycles. The molecule has 13 atom stereocenters. The van der Waals surface area contributed by atoms with E-state index in [1.807, 2.05) is 61.5 Å². The van der Waals surface area contributed by atoms with Gasteiger partial charge < -0.3 is 116 Å². The van der Waals surface area contributed by atoms with Crippen LogP contribution in [-0.4, -0.2) is 282 Å². The largest absolute Gasteiger partial charge is 0.393 e. The van der Waals surface area contributed by atoms with Crippen molar-refractivity contribution in [2.24, 2.45) is 45.3 Å². The maximum Gasteiger partial charge on any atom is 0.312 e. The highest BCUT2D eigenvalue weighted by molar-refractivity contribution is 7.85. The number of benzene rings is 3. The number of amides is 10. The number of aliphatic hydroxyl groups excluding tert-OH is 1. The van der Waals surface area contributed by atoms with E-state index in [1.54, 1.807) is 55.2 Å². The number of hydrogen-bond donors (Lipinski definition) is 13. The highest BCUT2D eigenvalue weighted by Gasteiger charge is 2.75. The number of carbonyl (C=O) groups excluding carboxylic acids is 11. The fourth-order valence-electron chi connectivity index (χ4n) is 19.9. The van der Waals surface area contributed by atoms with Crippen molar-refractivity contribution in [2.45, 2.75) is 231 Å². The molecule has 10 rings (SSSR count). The maximum atomic E-state index is 15.2. The molecular formula is C102H147N13O26S. The number of nitrogens with zero attached hydrogens (tertiary/aromatic N) is 2. The van der Waals surface area contributed by atoms with Crippen LogP contribution in [0.25, 0.3) is 0 Å². The Balaban J connectivity index is 0.672. The smallest absolute Gasteiger partial charge is 0.312 e. The van der Waals surface area contributed by atoms with Crippen molar-refractivity contribution in [1.29, 1.82) is 5.53 Å². The maximum absolute atomic E-state index is 15.2. The van der Waals surface area contributed by atoms with Crippen molar-refractivity contribution in [2.75, 3.05) is 161 Å². The number of primary amides is 1. The Morgan fingerprint density at radius 2 is 1.24 bits per heavy atom. The molecule has 0 aromatic heterocycles. The van der Waals surface area contributed by atoms with E-state index in [0.29, 0.717) is 115 Å². The standard InChI is InChI=1S/C102H147N13O26S/c1-6-17-92-140-86-65-78-77-34-31-74-64-76(116)38-41-100(74,4)93(77)83(117)66-101(78,5)102(86,141-92)85(118)35-28-70-26-32-75(33-27-70)110-96(124)81(23-16-43-109-99(103)127)112-98(126)94(69(2)3)113-97(125)80(111-89(121)40-48-132-52-56-136-60-62-138-58-54-134-50-45-107-87(119)36-37-91(123)115-67-73-20-11-10-18-71(73)29-30-72-19-12-13-24-82(72)115)22-14-15-42-106-90(122)68-139-84-25-9-7-8-21-79(95(84)114-104)105-44-49-133-53-57-137-61-59-135-55-51-131-47-39-88(120)108-46-63-142(128,129)130/h10-13,18-20,24,26-27,32-33,38,41,64,69,77-78,80-81,83-84,86,92-94,104-105,117H,6-9,14-17,21-23,25,28,31,34-37,39-40,42-63,65-68H2,1-5H3,(H,106,122)(H,107,119)(H,108,120)(H,110,124)(H,111,121)(H,112,126)(H,113,125)(H3,103,109,127)(H,128,129,130)/b95-79-,114-104?/t77?,78?,80-,81+,83+,84?,86-,92?,93?,94+,100+,101+,102-/m1/s1. The molecule has 10 amide bonds. The molecule has 5 unspecified atom stereocenters. The molecule has 0 spiro atoms. The van der Waals surface area contributed by atoms with Gasteiger partial charge in [-0.3, -0.25) is 52.5 Å². The number of aliphatic hydroxyl groups is 1. The van der Waals surface area contributed by atoms with E-state index < -0.39 is 122 Å². The molecule has 0 radical (unpaired) electrons. The summed E-state index contributed by atoms with van der Waals surface area (Å²) in [6.07, 6.45) is 11.5. The van der Waals surface area contributed by atoms with E-state index >= 15 is 4.79 Å². The summed E-state index contributed by atoms with van der Waals surface area (Å²) >= 11 is 0. The number of ether oxygens (including phenoxy) is 11. The number of fused-ring (bicyclic) bond motifs is 9. The fraction of sp³-hybridized carbons (Fsp3) is 0.637. The van der Waals surface area contributed by atoms with Gasteiger partial charge in [0, 0.05) is 104 Å². The Kier molecular flexibility index (Phi) is 46.8. The van der Waals surface area contributed by atoms with Crippen LogP contribution in [0.1, 0.15) is 192 Å². The predicted molar refractivity (Wildman–Crippen MR) is 524 cm³/mol. The first-order chi connectivity index (χ1) is 68.4. The highest BCUT2D eigenvalue weighted by Crippen LogP contribution is 2.70. The number of aryl methyl sites for hydroxylation is 1. The molecule has 7 aliphatic rings. The Bertz CT molecular complexity index is 4970. The third-order valence-corrected chi connectivity index (χ3v) is 27.8. The topological polar surface area (TPSA) is 538 Å². The van der Waals surface area contributed by atoms with Crippen LogP contribution in [0.4, 0.5) is 16.2 Å². The van der Waals surface area contributed by atoms with Crippen molar-refractivity contribution in [3.8, 4) is 11.8 Å². The van der Waals surface area contributed by atoms with Crippen LogP contribution >= 0.6 is 0 Å². The van der Waals surface area contributed by atoms with Gasteiger partial charge >= 0.3 is 6.03 Å². The Hall–Kier alpha value is -10.4. The van der Waals surface area contributed by atoms with Gasteiger partial charge in [0.2, 0.25) is 47.3 Å². The molecule has 3 aromatic rings. The Morgan fingerprint density at radius 3 is 1.91 bits per heavy atom. The van der Waals surface area contributed by atoms with Gasteiger partial charge in [-0.05, 0) is 161 Å². The zero-order valence-corrected chi connectivity index (χ0v) is 83.4. The molecule has 14 N–H and O–H groups in total. The summed E-state index contributed by atoms with van der Waals surface area (Å²) in [5.74, 6) is 1.15. The minimum atomic E-state index is -4.16. The van der Waals surface area contributed by atoms with Crippen LogP contribution in [0.15, 0.2) is 113 Å².